The Kier molecular flexibility index (Phi) is 2.02. The van der Waals surface area contributed by atoms with Gasteiger partial charge in [-0.25, -0.2) is 5.90 Å². The summed E-state index contributed by atoms with van der Waals surface area (Å²) in [7, 11) is 0. The summed E-state index contributed by atoms with van der Waals surface area (Å²) in [6, 6.07) is 3.75. The molecule has 3 heteroatoms. The van der Waals surface area contributed by atoms with Crippen LogP contribution in [0.2, 0.25) is 0 Å². The van der Waals surface area contributed by atoms with Gasteiger partial charge in [0, 0.05) is 0 Å². The van der Waals surface area contributed by atoms with E-state index in [9.17, 15) is 0 Å². The van der Waals surface area contributed by atoms with E-state index in [2.05, 4.69) is 0 Å². The third-order valence-corrected chi connectivity index (χ3v) is 1.63. The average molecular weight is 155 g/mol. The molecule has 3 nitrogen and oxygen atoms in total. The van der Waals surface area contributed by atoms with Gasteiger partial charge in [-0.1, -0.05) is 0 Å². The highest BCUT2D eigenvalue weighted by molar-refractivity contribution is 5.11. The molecule has 1 heterocycles. The third kappa shape index (κ3) is 1.61. The SMILES string of the molecule is Cc1ccc(C(C)(C)ON)o1. The lowest BCUT2D eigenvalue weighted by molar-refractivity contribution is -0.0392. The molecule has 1 aromatic heterocycles. The standard InChI is InChI=1S/C8H13NO2/c1-6-4-5-7(10-6)8(2,3)11-9/h4-5H,9H2,1-3H3. The van der Waals surface area contributed by atoms with Crippen LogP contribution in [0.3, 0.4) is 0 Å². The van der Waals surface area contributed by atoms with Crippen LogP contribution in [0.4, 0.5) is 0 Å². The second-order valence-electron chi connectivity index (χ2n) is 3.04. The van der Waals surface area contributed by atoms with E-state index in [4.69, 9.17) is 15.2 Å². The minimum atomic E-state index is -0.533. The van der Waals surface area contributed by atoms with E-state index in [-0.39, 0.29) is 0 Å². The van der Waals surface area contributed by atoms with Gasteiger partial charge in [-0.15, -0.1) is 0 Å². The van der Waals surface area contributed by atoms with Crippen LogP contribution in [0, 0.1) is 6.92 Å². The van der Waals surface area contributed by atoms with E-state index in [1.54, 1.807) is 0 Å². The molecule has 0 spiro atoms. The van der Waals surface area contributed by atoms with Crippen LogP contribution in [0.25, 0.3) is 0 Å². The molecule has 0 unspecified atom stereocenters. The van der Waals surface area contributed by atoms with E-state index in [1.807, 2.05) is 32.9 Å². The number of nitrogens with two attached hydrogens (primary N) is 1. The molecule has 11 heavy (non-hydrogen) atoms. The molecule has 0 aliphatic heterocycles. The molecular weight excluding hydrogens is 142 g/mol. The monoisotopic (exact) mass is 155 g/mol. The van der Waals surface area contributed by atoms with Crippen LogP contribution < -0.4 is 5.90 Å². The van der Waals surface area contributed by atoms with E-state index in [0.717, 1.165) is 11.5 Å². The van der Waals surface area contributed by atoms with Gasteiger partial charge in [0.05, 0.1) is 0 Å². The molecule has 0 aliphatic rings. The molecule has 0 amide bonds. The lowest BCUT2D eigenvalue weighted by Gasteiger charge is -2.18. The molecule has 0 saturated carbocycles. The van der Waals surface area contributed by atoms with E-state index >= 15 is 0 Å². The molecule has 0 saturated heterocycles. The first-order valence-electron chi connectivity index (χ1n) is 3.51. The first kappa shape index (κ1) is 8.30. The summed E-state index contributed by atoms with van der Waals surface area (Å²) < 4.78 is 5.33. The smallest absolute Gasteiger partial charge is 0.141 e. The highest BCUT2D eigenvalue weighted by atomic mass is 16.6. The minimum absolute atomic E-state index is 0.533. The second-order valence-corrected chi connectivity index (χ2v) is 3.04. The normalized spacial score (nSPS) is 12.0. The van der Waals surface area contributed by atoms with Crippen molar-refractivity contribution in [2.24, 2.45) is 5.90 Å². The Morgan fingerprint density at radius 2 is 2.09 bits per heavy atom. The fourth-order valence-corrected chi connectivity index (χ4v) is 0.816. The number of aryl methyl sites for hydroxylation is 1. The van der Waals surface area contributed by atoms with Crippen molar-refractivity contribution < 1.29 is 9.25 Å². The number of rotatable bonds is 2. The zero-order valence-corrected chi connectivity index (χ0v) is 7.05. The summed E-state index contributed by atoms with van der Waals surface area (Å²) in [5.74, 6) is 6.70. The Balaban J connectivity index is 2.92. The molecule has 62 valence electrons. The maximum atomic E-state index is 5.33. The number of furan rings is 1. The molecule has 0 aromatic carbocycles. The van der Waals surface area contributed by atoms with Crippen molar-refractivity contribution in [1.29, 1.82) is 0 Å². The van der Waals surface area contributed by atoms with Crippen molar-refractivity contribution >= 4 is 0 Å². The van der Waals surface area contributed by atoms with Gasteiger partial charge in [0.2, 0.25) is 0 Å². The summed E-state index contributed by atoms with van der Waals surface area (Å²) in [5.41, 5.74) is -0.533. The Morgan fingerprint density at radius 3 is 2.45 bits per heavy atom. The van der Waals surface area contributed by atoms with Crippen LogP contribution in [0.15, 0.2) is 16.5 Å². The van der Waals surface area contributed by atoms with Crippen LogP contribution >= 0.6 is 0 Å². The fraction of sp³-hybridized carbons (Fsp3) is 0.500. The van der Waals surface area contributed by atoms with Crippen LogP contribution in [0.5, 0.6) is 0 Å². The minimum Gasteiger partial charge on any atom is -0.463 e. The summed E-state index contributed by atoms with van der Waals surface area (Å²) >= 11 is 0. The van der Waals surface area contributed by atoms with Gasteiger partial charge in [-0.2, -0.15) is 0 Å². The maximum absolute atomic E-state index is 5.33. The van der Waals surface area contributed by atoms with Crippen molar-refractivity contribution in [2.45, 2.75) is 26.4 Å². The maximum Gasteiger partial charge on any atom is 0.141 e. The van der Waals surface area contributed by atoms with Crippen molar-refractivity contribution in [3.05, 3.63) is 23.7 Å². The number of hydrogen-bond acceptors (Lipinski definition) is 3. The predicted molar refractivity (Wildman–Crippen MR) is 41.7 cm³/mol. The first-order chi connectivity index (χ1) is 5.06. The third-order valence-electron chi connectivity index (χ3n) is 1.63. The topological polar surface area (TPSA) is 48.4 Å². The van der Waals surface area contributed by atoms with Crippen molar-refractivity contribution in [2.75, 3.05) is 0 Å². The van der Waals surface area contributed by atoms with E-state index in [0.29, 0.717) is 0 Å². The van der Waals surface area contributed by atoms with Gasteiger partial charge in [-0.05, 0) is 32.9 Å². The van der Waals surface area contributed by atoms with Crippen molar-refractivity contribution in [1.82, 2.24) is 0 Å². The zero-order valence-electron chi connectivity index (χ0n) is 7.05. The molecule has 0 aliphatic carbocycles. The second kappa shape index (κ2) is 2.68. The Hall–Kier alpha value is -0.800. The van der Waals surface area contributed by atoms with Crippen LogP contribution in [-0.2, 0) is 10.4 Å². The molecule has 0 radical (unpaired) electrons. The molecule has 1 aromatic rings. The van der Waals surface area contributed by atoms with E-state index < -0.39 is 5.60 Å². The highest BCUT2D eigenvalue weighted by Gasteiger charge is 2.23. The fourth-order valence-electron chi connectivity index (χ4n) is 0.816. The Morgan fingerprint density at radius 1 is 1.45 bits per heavy atom. The summed E-state index contributed by atoms with van der Waals surface area (Å²) in [6.45, 7) is 5.59. The van der Waals surface area contributed by atoms with Gasteiger partial charge in [0.25, 0.3) is 0 Å². The van der Waals surface area contributed by atoms with Crippen molar-refractivity contribution in [3.8, 4) is 0 Å². The highest BCUT2D eigenvalue weighted by Crippen LogP contribution is 2.24. The average Bonchev–Trinajstić information content (AvgIpc) is 2.36. The molecule has 0 bridgehead atoms. The summed E-state index contributed by atoms with van der Waals surface area (Å²) in [6.07, 6.45) is 0. The molecule has 0 fully saturated rings. The van der Waals surface area contributed by atoms with Gasteiger partial charge in [0.15, 0.2) is 0 Å². The molecular formula is C8H13NO2. The van der Waals surface area contributed by atoms with Gasteiger partial charge in [0.1, 0.15) is 17.1 Å². The molecule has 1 rings (SSSR count). The first-order valence-corrected chi connectivity index (χ1v) is 3.51. The molecule has 2 N–H and O–H groups in total. The largest absolute Gasteiger partial charge is 0.463 e. The number of hydrogen-bond donors (Lipinski definition) is 1. The van der Waals surface area contributed by atoms with Gasteiger partial charge in [-0.3, -0.25) is 4.84 Å². The summed E-state index contributed by atoms with van der Waals surface area (Å²) in [5, 5.41) is 0. The van der Waals surface area contributed by atoms with Crippen molar-refractivity contribution in [3.63, 3.8) is 0 Å². The lowest BCUT2D eigenvalue weighted by atomic mass is 10.1. The molecule has 0 atom stereocenters. The predicted octanol–water partition coefficient (Wildman–Crippen LogP) is 1.71. The Bertz CT molecular complexity index is 240. The van der Waals surface area contributed by atoms with Gasteiger partial charge < -0.3 is 4.42 Å². The van der Waals surface area contributed by atoms with Crippen LogP contribution in [-0.4, -0.2) is 0 Å². The summed E-state index contributed by atoms with van der Waals surface area (Å²) in [4.78, 5) is 4.74. The Labute approximate surface area is 66.1 Å². The quantitative estimate of drug-likeness (QED) is 0.661. The van der Waals surface area contributed by atoms with Crippen LogP contribution in [0.1, 0.15) is 25.4 Å². The van der Waals surface area contributed by atoms with Gasteiger partial charge >= 0.3 is 0 Å². The lowest BCUT2D eigenvalue weighted by Crippen LogP contribution is -2.24. The zero-order chi connectivity index (χ0) is 8.48. The van der Waals surface area contributed by atoms with E-state index in [1.165, 1.54) is 0 Å².